The normalized spacial score (nSPS) is 15.1. The molecule has 8 nitrogen and oxygen atoms in total. The van der Waals surface area contributed by atoms with Gasteiger partial charge in [0.25, 0.3) is 0 Å². The van der Waals surface area contributed by atoms with Crippen LogP contribution in [0, 0.1) is 143 Å². The highest BCUT2D eigenvalue weighted by Crippen LogP contribution is 2.47. The zero-order valence-corrected chi connectivity index (χ0v) is 65.9. The van der Waals surface area contributed by atoms with Gasteiger partial charge in [-0.2, -0.15) is 10.1 Å². The molecule has 0 amide bonds. The smallest absolute Gasteiger partial charge is 0.220 e. The number of hydroxylamine groups is 4. The van der Waals surface area contributed by atoms with E-state index in [2.05, 4.69) is 364 Å². The summed E-state index contributed by atoms with van der Waals surface area (Å²) >= 11 is 3.60. The van der Waals surface area contributed by atoms with Crippen molar-refractivity contribution in [3.05, 3.63) is 94.0 Å². The summed E-state index contributed by atoms with van der Waals surface area (Å²) < 4.78 is 40.5. The van der Waals surface area contributed by atoms with Gasteiger partial charge >= 0.3 is 0 Å². The van der Waals surface area contributed by atoms with Gasteiger partial charge in [0.2, 0.25) is 16.6 Å². The van der Waals surface area contributed by atoms with Crippen LogP contribution in [0.15, 0.2) is 77.3 Å². The van der Waals surface area contributed by atoms with Crippen LogP contribution >= 0.6 is 15.9 Å². The van der Waals surface area contributed by atoms with Crippen LogP contribution in [0.3, 0.4) is 0 Å². The van der Waals surface area contributed by atoms with Gasteiger partial charge in [0, 0.05) is 75.4 Å². The van der Waals surface area contributed by atoms with Crippen LogP contribution in [0.4, 0.5) is 0 Å². The van der Waals surface area contributed by atoms with E-state index < -0.39 is 16.6 Å². The number of piperidine rings is 2. The molecular weight excluding hydrogens is 1310 g/mol. The van der Waals surface area contributed by atoms with E-state index in [9.17, 15) is 0 Å². The molecule has 514 valence electrons. The number of ether oxygens (including phenoxy) is 4. The van der Waals surface area contributed by atoms with Crippen molar-refractivity contribution in [2.75, 3.05) is 26.4 Å². The standard InChI is InChI=1S/C62H101BrN2O6Si2.C25H4/c1-57(2,3)72(15,16)70-64-59(7,8)44-54(45-60(64,9)10)68-41-25-21-19-23-39-66-52-35-29-49(30-36-52)56(43-48-27-33-51(63)34-28-48)50-31-37-53(38-32-50)67-40-24-20-22-26-42-69-55-46-61(11,12)65(62(13,14)47-55)71-73(17,18)58(4,5)6;1-3-5-7-9-11-13-15-17-19-21-23-25-24-22-20-18-16-14-12-10-8-6-4-2/h27-38,43,54-55H,19-26,39-42,44-47H2,1-18H3;1H,2H3. The third kappa shape index (κ3) is 29.8. The van der Waals surface area contributed by atoms with E-state index in [0.717, 1.165) is 128 Å². The molecule has 0 aromatic heterocycles. The summed E-state index contributed by atoms with van der Waals surface area (Å²) in [5, 5.41) is 4.98. The molecule has 0 atom stereocenters. The Morgan fingerprint density at radius 3 is 1.01 bits per heavy atom. The van der Waals surface area contributed by atoms with E-state index in [0.29, 0.717) is 13.2 Å². The van der Waals surface area contributed by atoms with Crippen molar-refractivity contribution in [1.29, 1.82) is 0 Å². The monoisotopic (exact) mass is 1410 g/mol. The number of hydrogen-bond acceptors (Lipinski definition) is 8. The molecule has 98 heavy (non-hydrogen) atoms. The second-order valence-electron chi connectivity index (χ2n) is 30.0. The Labute approximate surface area is 604 Å². The molecule has 11 heteroatoms. The minimum absolute atomic E-state index is 0.0915. The van der Waals surface area contributed by atoms with Crippen molar-refractivity contribution in [2.45, 2.75) is 252 Å². The third-order valence-corrected chi connectivity index (χ3v) is 26.7. The first-order valence-corrected chi connectivity index (χ1v) is 40.9. The van der Waals surface area contributed by atoms with Crippen LogP contribution < -0.4 is 9.47 Å². The second kappa shape index (κ2) is 40.5. The summed E-state index contributed by atoms with van der Waals surface area (Å²) in [5.41, 5.74) is 4.21. The molecule has 3 aromatic rings. The summed E-state index contributed by atoms with van der Waals surface area (Å²) in [7, 11) is -3.91. The molecule has 0 radical (unpaired) electrons. The highest BCUT2D eigenvalue weighted by atomic mass is 79.9. The van der Waals surface area contributed by atoms with Crippen LogP contribution in [-0.2, 0) is 18.5 Å². The molecular formula is C87H105BrN2O6Si2. The fourth-order valence-electron chi connectivity index (χ4n) is 11.0. The molecule has 2 aliphatic heterocycles. The molecule has 0 bridgehead atoms. The molecule has 2 heterocycles. The summed E-state index contributed by atoms with van der Waals surface area (Å²) in [6, 6.07) is 25.6. The minimum Gasteiger partial charge on any atom is -0.494 e. The Balaban J connectivity index is 0.000000689. The van der Waals surface area contributed by atoms with Crippen LogP contribution in [0.1, 0.15) is 198 Å². The Kier molecular flexibility index (Phi) is 34.2. The van der Waals surface area contributed by atoms with E-state index in [4.69, 9.17) is 34.4 Å². The van der Waals surface area contributed by atoms with Gasteiger partial charge in [-0.3, -0.25) is 0 Å². The third-order valence-electron chi connectivity index (χ3n) is 17.6. The average Bonchev–Trinajstić information content (AvgIpc) is 1.04. The van der Waals surface area contributed by atoms with Crippen molar-refractivity contribution in [3.8, 4) is 154 Å². The lowest BCUT2D eigenvalue weighted by Crippen LogP contribution is -2.65. The number of unbranched alkanes of at least 4 members (excludes halogenated alkanes) is 6. The molecule has 2 saturated heterocycles. The molecule has 2 aliphatic rings. The Hall–Kier alpha value is -7.61. The molecule has 0 N–H and O–H groups in total. The molecule has 0 aliphatic carbocycles. The van der Waals surface area contributed by atoms with E-state index in [1.165, 1.54) is 0 Å². The van der Waals surface area contributed by atoms with E-state index >= 15 is 0 Å². The topological polar surface area (TPSA) is 61.9 Å². The quantitative estimate of drug-likeness (QED) is 0.0360. The van der Waals surface area contributed by atoms with Gasteiger partial charge in [-0.15, -0.1) is 6.42 Å². The van der Waals surface area contributed by atoms with Gasteiger partial charge in [-0.25, -0.2) is 0 Å². The number of nitrogens with zero attached hydrogens (tertiary/aromatic N) is 2. The Morgan fingerprint density at radius 2 is 0.724 bits per heavy atom. The summed E-state index contributed by atoms with van der Waals surface area (Å²) in [6.45, 7) is 46.5. The fraction of sp³-hybridized carbons (Fsp3) is 0.494. The van der Waals surface area contributed by atoms with E-state index in [1.807, 2.05) is 0 Å². The fourth-order valence-corrected chi connectivity index (χ4v) is 13.7. The maximum atomic E-state index is 6.94. The van der Waals surface area contributed by atoms with Crippen molar-refractivity contribution in [1.82, 2.24) is 10.1 Å². The second-order valence-corrected chi connectivity index (χ2v) is 40.4. The Morgan fingerprint density at radius 1 is 0.439 bits per heavy atom. The predicted molar refractivity (Wildman–Crippen MR) is 416 cm³/mol. The van der Waals surface area contributed by atoms with Gasteiger partial charge in [0.1, 0.15) is 11.5 Å². The number of halogens is 1. The number of hydrogen-bond donors (Lipinski definition) is 0. The SMILES string of the molecule is C#CC#CC#CC#CC#CC#CC#CC#CC#CC#CC#CC#CC.CC1(C)CC(OCCCCCCOc2ccc(C(=Cc3ccc(Br)cc3)c3ccc(OCCCCCCOC4CC(C)(C)N(O[Si](C)(C)C(C)(C)C)C(C)(C)C4)cc3)cc2)CC(C)(C)N1O[Si](C)(C)C(C)(C)C. The molecule has 0 saturated carbocycles. The van der Waals surface area contributed by atoms with Crippen molar-refractivity contribution in [3.63, 3.8) is 0 Å². The van der Waals surface area contributed by atoms with Gasteiger partial charge in [0.05, 0.1) is 25.4 Å². The summed E-state index contributed by atoms with van der Waals surface area (Å²) in [4.78, 5) is 0. The number of benzene rings is 3. The lowest BCUT2D eigenvalue weighted by atomic mass is 9.80. The zero-order chi connectivity index (χ0) is 72.4. The molecule has 0 spiro atoms. The molecule has 5 rings (SSSR count). The van der Waals surface area contributed by atoms with Crippen LogP contribution in [0.2, 0.25) is 36.3 Å². The van der Waals surface area contributed by atoms with Crippen molar-refractivity contribution < 1.29 is 28.0 Å². The lowest BCUT2D eigenvalue weighted by molar-refractivity contribution is -0.248. The highest BCUT2D eigenvalue weighted by molar-refractivity contribution is 9.10. The highest BCUT2D eigenvalue weighted by Gasteiger charge is 2.53. The maximum absolute atomic E-state index is 6.94. The first kappa shape index (κ1) is 82.8. The van der Waals surface area contributed by atoms with Crippen molar-refractivity contribution >= 4 is 44.2 Å². The van der Waals surface area contributed by atoms with Gasteiger partial charge < -0.3 is 28.0 Å². The molecule has 3 aromatic carbocycles. The van der Waals surface area contributed by atoms with Crippen molar-refractivity contribution in [2.24, 2.45) is 0 Å². The number of terminal acetylenes is 1. The van der Waals surface area contributed by atoms with Gasteiger partial charge in [-0.1, -0.05) is 113 Å². The lowest BCUT2D eigenvalue weighted by Gasteiger charge is -2.57. The molecule has 2 fully saturated rings. The van der Waals surface area contributed by atoms with E-state index in [1.54, 1.807) is 6.92 Å². The first-order valence-electron chi connectivity index (χ1n) is 34.3. The first-order chi connectivity index (χ1) is 46.2. The number of rotatable bonds is 25. The van der Waals surface area contributed by atoms with E-state index in [-0.39, 0.29) is 44.4 Å². The van der Waals surface area contributed by atoms with Gasteiger partial charge in [-0.05, 0) is 322 Å². The average molecular weight is 1410 g/mol. The van der Waals surface area contributed by atoms with Gasteiger partial charge in [0.15, 0.2) is 0 Å². The maximum Gasteiger partial charge on any atom is 0.220 e. The van der Waals surface area contributed by atoms with Crippen LogP contribution in [0.5, 0.6) is 11.5 Å². The van der Waals surface area contributed by atoms with Crippen LogP contribution in [-0.4, -0.2) is 87.6 Å². The molecule has 0 unspecified atom stereocenters. The largest absolute Gasteiger partial charge is 0.494 e. The predicted octanol–water partition coefficient (Wildman–Crippen LogP) is 18.5. The zero-order valence-electron chi connectivity index (χ0n) is 62.3. The summed E-state index contributed by atoms with van der Waals surface area (Å²) in [5.74, 6) is 58.7. The Bertz CT molecular complexity index is 3760. The minimum atomic E-state index is -1.95. The summed E-state index contributed by atoms with van der Waals surface area (Å²) in [6.07, 6.45) is 20.3. The van der Waals surface area contributed by atoms with Crippen LogP contribution in [0.25, 0.3) is 11.6 Å².